The third-order valence-corrected chi connectivity index (χ3v) is 4.11. The van der Waals surface area contributed by atoms with Gasteiger partial charge in [-0.3, -0.25) is 9.78 Å². The van der Waals surface area contributed by atoms with Crippen LogP contribution >= 0.6 is 0 Å². The molecule has 7 nitrogen and oxygen atoms in total. The van der Waals surface area contributed by atoms with Crippen molar-refractivity contribution >= 4 is 16.7 Å². The Morgan fingerprint density at radius 2 is 2.09 bits per heavy atom. The molecule has 23 heavy (non-hydrogen) atoms. The number of rotatable bonds is 3. The zero-order chi connectivity index (χ0) is 15.8. The second-order valence-corrected chi connectivity index (χ2v) is 5.86. The predicted octanol–water partition coefficient (Wildman–Crippen LogP) is 1.03. The van der Waals surface area contributed by atoms with E-state index in [-0.39, 0.29) is 5.56 Å². The lowest BCUT2D eigenvalue weighted by molar-refractivity contribution is 0.332. The van der Waals surface area contributed by atoms with Gasteiger partial charge in [-0.05, 0) is 19.1 Å². The topological polar surface area (TPSA) is 76.8 Å². The van der Waals surface area contributed by atoms with E-state index >= 15 is 0 Å². The standard InChI is InChI=1S/C16H16N6O/c1-11-2-3-15(23)22(20-11)9-12-7-21(8-12)16-13-4-5-17-6-14(13)18-10-19-16/h2-6,10,12H,7-9H2,1H3. The minimum Gasteiger partial charge on any atom is -0.355 e. The molecule has 1 aliphatic rings. The molecule has 0 bridgehead atoms. The summed E-state index contributed by atoms with van der Waals surface area (Å²) in [4.78, 5) is 26.8. The molecule has 7 heteroatoms. The van der Waals surface area contributed by atoms with Crippen LogP contribution in [0.25, 0.3) is 10.9 Å². The average molecular weight is 308 g/mol. The van der Waals surface area contributed by atoms with Crippen LogP contribution in [0.15, 0.2) is 41.7 Å². The van der Waals surface area contributed by atoms with Crippen LogP contribution in [-0.4, -0.2) is 37.8 Å². The van der Waals surface area contributed by atoms with Crippen molar-refractivity contribution in [1.82, 2.24) is 24.7 Å². The molecule has 116 valence electrons. The molecule has 0 N–H and O–H groups in total. The van der Waals surface area contributed by atoms with Gasteiger partial charge in [0.05, 0.1) is 24.0 Å². The first-order valence-corrected chi connectivity index (χ1v) is 7.55. The molecule has 4 rings (SSSR count). The Morgan fingerprint density at radius 3 is 2.96 bits per heavy atom. The van der Waals surface area contributed by atoms with Gasteiger partial charge in [-0.2, -0.15) is 5.10 Å². The number of hydrogen-bond donors (Lipinski definition) is 0. The number of nitrogens with zero attached hydrogens (tertiary/aromatic N) is 6. The quantitative estimate of drug-likeness (QED) is 0.719. The molecule has 0 amide bonds. The summed E-state index contributed by atoms with van der Waals surface area (Å²) in [5, 5.41) is 5.30. The van der Waals surface area contributed by atoms with Crippen LogP contribution in [0.4, 0.5) is 5.82 Å². The van der Waals surface area contributed by atoms with E-state index in [1.54, 1.807) is 35.5 Å². The third-order valence-electron chi connectivity index (χ3n) is 4.11. The number of aromatic nitrogens is 5. The minimum atomic E-state index is -0.0485. The molecule has 0 radical (unpaired) electrons. The van der Waals surface area contributed by atoms with Crippen molar-refractivity contribution in [2.24, 2.45) is 5.92 Å². The predicted molar refractivity (Wildman–Crippen MR) is 86.3 cm³/mol. The summed E-state index contributed by atoms with van der Waals surface area (Å²) in [5.41, 5.74) is 1.65. The monoisotopic (exact) mass is 308 g/mol. The van der Waals surface area contributed by atoms with Crippen molar-refractivity contribution in [2.75, 3.05) is 18.0 Å². The second-order valence-electron chi connectivity index (χ2n) is 5.86. The van der Waals surface area contributed by atoms with Crippen molar-refractivity contribution in [3.8, 4) is 0 Å². The molecular formula is C16H16N6O. The number of aryl methyl sites for hydroxylation is 1. The third kappa shape index (κ3) is 2.54. The second kappa shape index (κ2) is 5.42. The average Bonchev–Trinajstić information content (AvgIpc) is 2.53. The van der Waals surface area contributed by atoms with Crippen LogP contribution < -0.4 is 10.5 Å². The molecular weight excluding hydrogens is 292 g/mol. The normalized spacial score (nSPS) is 14.9. The van der Waals surface area contributed by atoms with Gasteiger partial charge in [-0.1, -0.05) is 0 Å². The Bertz CT molecular complexity index is 910. The van der Waals surface area contributed by atoms with Gasteiger partial charge in [0.25, 0.3) is 5.56 Å². The van der Waals surface area contributed by atoms with Gasteiger partial charge in [0, 0.05) is 36.7 Å². The number of hydrogen-bond acceptors (Lipinski definition) is 6. The molecule has 1 fully saturated rings. The molecule has 0 unspecified atom stereocenters. The summed E-state index contributed by atoms with van der Waals surface area (Å²) in [6.07, 6.45) is 5.07. The Kier molecular flexibility index (Phi) is 3.25. The van der Waals surface area contributed by atoms with Crippen molar-refractivity contribution in [3.05, 3.63) is 53.0 Å². The van der Waals surface area contributed by atoms with Crippen molar-refractivity contribution in [3.63, 3.8) is 0 Å². The Morgan fingerprint density at radius 1 is 1.22 bits per heavy atom. The fraction of sp³-hybridized carbons (Fsp3) is 0.312. The van der Waals surface area contributed by atoms with E-state index in [2.05, 4.69) is 25.0 Å². The van der Waals surface area contributed by atoms with E-state index in [0.717, 1.165) is 35.5 Å². The largest absolute Gasteiger partial charge is 0.355 e. The van der Waals surface area contributed by atoms with Crippen LogP contribution in [0.1, 0.15) is 5.69 Å². The molecule has 0 saturated carbocycles. The Balaban J connectivity index is 1.51. The van der Waals surface area contributed by atoms with Gasteiger partial charge in [0.15, 0.2) is 0 Å². The summed E-state index contributed by atoms with van der Waals surface area (Å²) in [6.45, 7) is 4.25. The molecule has 0 spiro atoms. The highest BCUT2D eigenvalue weighted by Crippen LogP contribution is 2.28. The molecule has 0 aromatic carbocycles. The van der Waals surface area contributed by atoms with E-state index in [1.807, 2.05) is 13.0 Å². The van der Waals surface area contributed by atoms with Crippen LogP contribution in [0.2, 0.25) is 0 Å². The molecule has 3 aromatic rings. The van der Waals surface area contributed by atoms with Crippen LogP contribution in [0.5, 0.6) is 0 Å². The van der Waals surface area contributed by atoms with Crippen LogP contribution in [0, 0.1) is 12.8 Å². The highest BCUT2D eigenvalue weighted by molar-refractivity contribution is 5.88. The smallest absolute Gasteiger partial charge is 0.266 e. The van der Waals surface area contributed by atoms with E-state index < -0.39 is 0 Å². The number of pyridine rings is 1. The SMILES string of the molecule is Cc1ccc(=O)n(CC2CN(c3ncnc4cnccc34)C2)n1. The van der Waals surface area contributed by atoms with Crippen molar-refractivity contribution < 1.29 is 0 Å². The molecule has 4 heterocycles. The van der Waals surface area contributed by atoms with Gasteiger partial charge in [0.2, 0.25) is 0 Å². The lowest BCUT2D eigenvalue weighted by Crippen LogP contribution is -2.50. The first-order chi connectivity index (χ1) is 11.2. The lowest BCUT2D eigenvalue weighted by atomic mass is 10.00. The van der Waals surface area contributed by atoms with Crippen LogP contribution in [-0.2, 0) is 6.54 Å². The van der Waals surface area contributed by atoms with E-state index in [9.17, 15) is 4.79 Å². The summed E-state index contributed by atoms with van der Waals surface area (Å²) in [6, 6.07) is 5.25. The molecule has 1 saturated heterocycles. The summed E-state index contributed by atoms with van der Waals surface area (Å²) in [7, 11) is 0. The highest BCUT2D eigenvalue weighted by Gasteiger charge is 2.29. The van der Waals surface area contributed by atoms with Crippen molar-refractivity contribution in [2.45, 2.75) is 13.5 Å². The Hall–Kier alpha value is -2.83. The van der Waals surface area contributed by atoms with Crippen LogP contribution in [0.3, 0.4) is 0 Å². The fourth-order valence-corrected chi connectivity index (χ4v) is 2.93. The fourth-order valence-electron chi connectivity index (χ4n) is 2.93. The van der Waals surface area contributed by atoms with Gasteiger partial charge >= 0.3 is 0 Å². The molecule has 0 aliphatic carbocycles. The maximum absolute atomic E-state index is 11.8. The van der Waals surface area contributed by atoms with Gasteiger partial charge in [0.1, 0.15) is 12.1 Å². The van der Waals surface area contributed by atoms with E-state index in [1.165, 1.54) is 0 Å². The summed E-state index contributed by atoms with van der Waals surface area (Å²) in [5.74, 6) is 1.33. The molecule has 1 aliphatic heterocycles. The highest BCUT2D eigenvalue weighted by atomic mass is 16.1. The minimum absolute atomic E-state index is 0.0485. The van der Waals surface area contributed by atoms with Gasteiger partial charge < -0.3 is 4.90 Å². The maximum atomic E-state index is 11.8. The van der Waals surface area contributed by atoms with E-state index in [0.29, 0.717) is 12.5 Å². The lowest BCUT2D eigenvalue weighted by Gasteiger charge is -2.40. The number of fused-ring (bicyclic) bond motifs is 1. The first-order valence-electron chi connectivity index (χ1n) is 7.55. The van der Waals surface area contributed by atoms with Gasteiger partial charge in [-0.15, -0.1) is 0 Å². The van der Waals surface area contributed by atoms with Gasteiger partial charge in [-0.25, -0.2) is 14.6 Å². The zero-order valence-electron chi connectivity index (χ0n) is 12.8. The zero-order valence-corrected chi connectivity index (χ0v) is 12.8. The summed E-state index contributed by atoms with van der Waals surface area (Å²) >= 11 is 0. The molecule has 3 aromatic heterocycles. The first kappa shape index (κ1) is 13.8. The maximum Gasteiger partial charge on any atom is 0.266 e. The van der Waals surface area contributed by atoms with E-state index in [4.69, 9.17) is 0 Å². The molecule has 0 atom stereocenters. The Labute approximate surface area is 132 Å². The number of anilines is 1. The van der Waals surface area contributed by atoms with Crippen molar-refractivity contribution in [1.29, 1.82) is 0 Å². The summed E-state index contributed by atoms with van der Waals surface area (Å²) < 4.78 is 1.55.